The van der Waals surface area contributed by atoms with Crippen molar-refractivity contribution < 1.29 is 28.9 Å². The summed E-state index contributed by atoms with van der Waals surface area (Å²) in [5.74, 6) is 0.297. The van der Waals surface area contributed by atoms with E-state index in [-0.39, 0.29) is 35.0 Å². The minimum Gasteiger partial charge on any atom is -0.447 e. The van der Waals surface area contributed by atoms with Crippen LogP contribution in [0.1, 0.15) is 72.6 Å². The van der Waals surface area contributed by atoms with Crippen LogP contribution in [0.15, 0.2) is 11.6 Å². The third kappa shape index (κ3) is 3.48. The van der Waals surface area contributed by atoms with Crippen molar-refractivity contribution in [3.8, 4) is 0 Å². The van der Waals surface area contributed by atoms with Crippen LogP contribution in [-0.4, -0.2) is 47.5 Å². The Bertz CT molecular complexity index is 797. The van der Waals surface area contributed by atoms with E-state index >= 15 is 0 Å². The number of allylic oxidation sites excluding steroid dienone is 1. The molecule has 7 heteroatoms. The van der Waals surface area contributed by atoms with Gasteiger partial charge in [0.15, 0.2) is 23.7 Å². The SMILES string of the molecule is CCOC(C)O[C@]1(C(=O)OCCl)CC[C@H]2[C@@H]3CCC4=CC(=O)CC[C@]4(C)[C@H]3[C@@H](O)C[C@@]21C. The maximum atomic E-state index is 13.3. The van der Waals surface area contributed by atoms with E-state index in [0.717, 1.165) is 25.7 Å². The summed E-state index contributed by atoms with van der Waals surface area (Å²) in [5.41, 5.74) is -0.764. The molecule has 4 aliphatic carbocycles. The smallest absolute Gasteiger partial charge is 0.340 e. The van der Waals surface area contributed by atoms with Crippen molar-refractivity contribution in [3.05, 3.63) is 11.6 Å². The van der Waals surface area contributed by atoms with Gasteiger partial charge in [0.2, 0.25) is 0 Å². The van der Waals surface area contributed by atoms with Crippen molar-refractivity contribution in [1.29, 1.82) is 0 Å². The third-order valence-corrected chi connectivity index (χ3v) is 9.41. The number of carbonyl (C=O) groups excluding carboxylic acids is 2. The van der Waals surface area contributed by atoms with Crippen LogP contribution in [0.2, 0.25) is 0 Å². The van der Waals surface area contributed by atoms with E-state index in [1.165, 1.54) is 5.57 Å². The van der Waals surface area contributed by atoms with Gasteiger partial charge in [-0.2, -0.15) is 0 Å². The molecule has 4 aliphatic rings. The van der Waals surface area contributed by atoms with E-state index in [9.17, 15) is 14.7 Å². The second-order valence-electron chi connectivity index (χ2n) is 10.6. The van der Waals surface area contributed by atoms with Gasteiger partial charge in [-0.1, -0.05) is 31.0 Å². The van der Waals surface area contributed by atoms with Crippen molar-refractivity contribution >= 4 is 23.4 Å². The fraction of sp³-hybridized carbons (Fsp3) is 0.840. The maximum absolute atomic E-state index is 13.3. The Labute approximate surface area is 196 Å². The van der Waals surface area contributed by atoms with Gasteiger partial charge in [0.05, 0.1) is 6.10 Å². The molecule has 0 aliphatic heterocycles. The topological polar surface area (TPSA) is 82.1 Å². The zero-order valence-corrected chi connectivity index (χ0v) is 20.5. The number of halogens is 1. The fourth-order valence-corrected chi connectivity index (χ4v) is 8.07. The molecule has 32 heavy (non-hydrogen) atoms. The molecule has 0 bridgehead atoms. The summed E-state index contributed by atoms with van der Waals surface area (Å²) < 4.78 is 17.4. The van der Waals surface area contributed by atoms with Gasteiger partial charge in [-0.25, -0.2) is 4.79 Å². The van der Waals surface area contributed by atoms with Gasteiger partial charge in [-0.15, -0.1) is 0 Å². The van der Waals surface area contributed by atoms with Gasteiger partial charge in [0.1, 0.15) is 0 Å². The average Bonchev–Trinajstić information content (AvgIpc) is 3.01. The van der Waals surface area contributed by atoms with Gasteiger partial charge < -0.3 is 19.3 Å². The Hall–Kier alpha value is -0.950. The molecule has 1 N–H and O–H groups in total. The van der Waals surface area contributed by atoms with E-state index in [1.54, 1.807) is 6.92 Å². The normalized spacial score (nSPS) is 44.2. The minimum atomic E-state index is -1.20. The lowest BCUT2D eigenvalue weighted by atomic mass is 9.45. The predicted molar refractivity (Wildman–Crippen MR) is 120 cm³/mol. The Morgan fingerprint density at radius 3 is 2.72 bits per heavy atom. The largest absolute Gasteiger partial charge is 0.447 e. The number of alkyl halides is 1. The van der Waals surface area contributed by atoms with Crippen LogP contribution in [0.4, 0.5) is 0 Å². The molecular weight excluding hydrogens is 432 g/mol. The molecule has 0 aromatic carbocycles. The first kappa shape index (κ1) is 24.2. The first-order valence-corrected chi connectivity index (χ1v) is 12.6. The number of aliphatic hydroxyl groups is 1. The summed E-state index contributed by atoms with van der Waals surface area (Å²) in [7, 11) is 0. The van der Waals surface area contributed by atoms with Crippen molar-refractivity contribution in [2.45, 2.75) is 90.6 Å². The van der Waals surface area contributed by atoms with E-state index < -0.39 is 29.4 Å². The van der Waals surface area contributed by atoms with Crippen LogP contribution in [0.5, 0.6) is 0 Å². The standard InChI is InChI=1S/C25H37ClO6/c1-5-30-15(2)32-25(22(29)31-14-26)11-9-19-18-7-6-16-12-17(27)8-10-23(16,3)21(18)20(28)13-24(19,25)4/h12,15,18-21,28H,5-11,13-14H2,1-4H3/t15?,18-,19-,20-,21+,23-,24-,25-/m0/s1. The molecule has 0 spiro atoms. The summed E-state index contributed by atoms with van der Waals surface area (Å²) in [6.07, 6.45) is 5.59. The number of esters is 1. The molecule has 0 heterocycles. The molecule has 180 valence electrons. The number of ketones is 1. The molecule has 8 atom stereocenters. The summed E-state index contributed by atoms with van der Waals surface area (Å²) in [6, 6.07) is -0.234. The van der Waals surface area contributed by atoms with Gasteiger partial charge in [-0.3, -0.25) is 4.79 Å². The summed E-state index contributed by atoms with van der Waals surface area (Å²) in [4.78, 5) is 25.4. The second-order valence-corrected chi connectivity index (χ2v) is 10.8. The molecule has 6 nitrogen and oxygen atoms in total. The molecule has 3 saturated carbocycles. The molecule has 0 radical (unpaired) electrons. The van der Waals surface area contributed by atoms with Crippen LogP contribution in [0, 0.1) is 28.6 Å². The molecule has 0 amide bonds. The monoisotopic (exact) mass is 468 g/mol. The molecule has 0 aromatic heterocycles. The van der Waals surface area contributed by atoms with Gasteiger partial charge >= 0.3 is 5.97 Å². The summed E-state index contributed by atoms with van der Waals surface area (Å²) in [5, 5.41) is 11.6. The Morgan fingerprint density at radius 1 is 1.28 bits per heavy atom. The van der Waals surface area contributed by atoms with E-state index in [2.05, 4.69) is 13.8 Å². The Balaban J connectivity index is 1.72. The highest BCUT2D eigenvalue weighted by molar-refractivity contribution is 6.17. The van der Waals surface area contributed by atoms with Gasteiger partial charge in [0.25, 0.3) is 0 Å². The molecule has 0 aromatic rings. The third-order valence-electron chi connectivity index (χ3n) is 9.30. The first-order chi connectivity index (χ1) is 15.1. The number of hydrogen-bond donors (Lipinski definition) is 1. The Kier molecular flexibility index (Phi) is 6.56. The quantitative estimate of drug-likeness (QED) is 0.354. The molecular formula is C25H37ClO6. The molecule has 3 fully saturated rings. The number of ether oxygens (including phenoxy) is 3. The summed E-state index contributed by atoms with van der Waals surface area (Å²) >= 11 is 5.79. The number of aliphatic hydroxyl groups excluding tert-OH is 1. The number of hydrogen-bond acceptors (Lipinski definition) is 6. The van der Waals surface area contributed by atoms with Crippen LogP contribution in [0.25, 0.3) is 0 Å². The molecule has 0 saturated heterocycles. The number of carbonyl (C=O) groups is 2. The van der Waals surface area contributed by atoms with Crippen molar-refractivity contribution in [3.63, 3.8) is 0 Å². The number of rotatable bonds is 6. The highest BCUT2D eigenvalue weighted by Gasteiger charge is 2.70. The second kappa shape index (κ2) is 8.68. The van der Waals surface area contributed by atoms with Crippen LogP contribution in [-0.2, 0) is 23.8 Å². The van der Waals surface area contributed by atoms with Gasteiger partial charge in [-0.05, 0) is 81.6 Å². The lowest BCUT2D eigenvalue weighted by Gasteiger charge is -2.60. The lowest BCUT2D eigenvalue weighted by Crippen LogP contribution is -2.63. The van der Waals surface area contributed by atoms with E-state index in [4.69, 9.17) is 25.8 Å². The fourth-order valence-electron chi connectivity index (χ4n) is 7.97. The van der Waals surface area contributed by atoms with E-state index in [0.29, 0.717) is 25.9 Å². The van der Waals surface area contributed by atoms with Crippen molar-refractivity contribution in [2.24, 2.45) is 28.6 Å². The van der Waals surface area contributed by atoms with Crippen molar-refractivity contribution in [2.75, 3.05) is 12.7 Å². The Morgan fingerprint density at radius 2 is 2.03 bits per heavy atom. The zero-order chi connectivity index (χ0) is 23.3. The van der Waals surface area contributed by atoms with Crippen LogP contribution in [0.3, 0.4) is 0 Å². The van der Waals surface area contributed by atoms with Crippen LogP contribution < -0.4 is 0 Å². The highest BCUT2D eigenvalue weighted by atomic mass is 35.5. The highest BCUT2D eigenvalue weighted by Crippen LogP contribution is 2.68. The summed E-state index contributed by atoms with van der Waals surface area (Å²) in [6.45, 7) is 8.47. The number of fused-ring (bicyclic) bond motifs is 5. The van der Waals surface area contributed by atoms with Crippen LogP contribution >= 0.6 is 11.6 Å². The predicted octanol–water partition coefficient (Wildman–Crippen LogP) is 4.37. The molecule has 1 unspecified atom stereocenters. The van der Waals surface area contributed by atoms with Crippen molar-refractivity contribution in [1.82, 2.24) is 0 Å². The average molecular weight is 469 g/mol. The van der Waals surface area contributed by atoms with E-state index in [1.807, 2.05) is 13.0 Å². The first-order valence-electron chi connectivity index (χ1n) is 12.1. The maximum Gasteiger partial charge on any atom is 0.340 e. The lowest BCUT2D eigenvalue weighted by molar-refractivity contribution is -0.257. The molecule has 4 rings (SSSR count). The van der Waals surface area contributed by atoms with Gasteiger partial charge in [0, 0.05) is 18.4 Å². The minimum absolute atomic E-state index is 0.0813. The zero-order valence-electron chi connectivity index (χ0n) is 19.7.